The van der Waals surface area contributed by atoms with Gasteiger partial charge < -0.3 is 5.32 Å². The van der Waals surface area contributed by atoms with Crippen LogP contribution in [0, 0.1) is 9.39 Å². The van der Waals surface area contributed by atoms with Crippen LogP contribution in [0.15, 0.2) is 18.2 Å². The van der Waals surface area contributed by atoms with Gasteiger partial charge in [-0.3, -0.25) is 0 Å². The molecule has 1 aromatic rings. The second-order valence-electron chi connectivity index (χ2n) is 3.36. The first kappa shape index (κ1) is 9.40. The van der Waals surface area contributed by atoms with E-state index in [0.29, 0.717) is 5.92 Å². The molecule has 1 N–H and O–H groups in total. The number of hydrogen-bond acceptors (Lipinski definition) is 1. The molecule has 1 aliphatic rings. The van der Waals surface area contributed by atoms with Gasteiger partial charge >= 0.3 is 0 Å². The molecule has 13 heavy (non-hydrogen) atoms. The van der Waals surface area contributed by atoms with Crippen LogP contribution in [0.5, 0.6) is 0 Å². The Morgan fingerprint density at radius 3 is 3.00 bits per heavy atom. The number of nitrogens with one attached hydrogen (secondary N) is 1. The van der Waals surface area contributed by atoms with Gasteiger partial charge in [0.05, 0.1) is 0 Å². The Hall–Kier alpha value is -0.160. The van der Waals surface area contributed by atoms with Gasteiger partial charge in [-0.15, -0.1) is 0 Å². The van der Waals surface area contributed by atoms with Gasteiger partial charge in [0.15, 0.2) is 0 Å². The topological polar surface area (TPSA) is 12.0 Å². The van der Waals surface area contributed by atoms with Gasteiger partial charge in [-0.05, 0) is 59.3 Å². The summed E-state index contributed by atoms with van der Waals surface area (Å²) in [6, 6.07) is 5.32. The zero-order valence-corrected chi connectivity index (χ0v) is 9.34. The smallest absolute Gasteiger partial charge is 0.126 e. The lowest BCUT2D eigenvalue weighted by Crippen LogP contribution is -2.09. The van der Waals surface area contributed by atoms with E-state index in [-0.39, 0.29) is 5.82 Å². The van der Waals surface area contributed by atoms with Crippen molar-refractivity contribution in [3.8, 4) is 0 Å². The minimum absolute atomic E-state index is 0.0610. The maximum Gasteiger partial charge on any atom is 0.126 e. The Bertz CT molecular complexity index is 308. The van der Waals surface area contributed by atoms with Crippen molar-refractivity contribution in [2.75, 3.05) is 13.1 Å². The van der Waals surface area contributed by atoms with E-state index in [9.17, 15) is 4.39 Å². The molecule has 1 aliphatic heterocycles. The Kier molecular flexibility index (Phi) is 2.83. The van der Waals surface area contributed by atoms with E-state index >= 15 is 0 Å². The third kappa shape index (κ3) is 2.02. The molecule has 3 heteroatoms. The third-order valence-electron chi connectivity index (χ3n) is 2.46. The SMILES string of the molecule is Fc1ccc(I)cc1[C@@H]1CCNC1. The van der Waals surface area contributed by atoms with Crippen molar-refractivity contribution < 1.29 is 4.39 Å². The summed E-state index contributed by atoms with van der Waals surface area (Å²) in [6.07, 6.45) is 1.05. The number of hydrogen-bond donors (Lipinski definition) is 1. The number of rotatable bonds is 1. The first-order valence-corrected chi connectivity index (χ1v) is 5.51. The molecule has 1 atom stereocenters. The fraction of sp³-hybridized carbons (Fsp3) is 0.400. The largest absolute Gasteiger partial charge is 0.316 e. The lowest BCUT2D eigenvalue weighted by Gasteiger charge is -2.09. The van der Waals surface area contributed by atoms with Crippen molar-refractivity contribution in [2.24, 2.45) is 0 Å². The normalized spacial score (nSPS) is 22.2. The molecule has 0 aromatic heterocycles. The molecule has 1 aromatic carbocycles. The summed E-state index contributed by atoms with van der Waals surface area (Å²) in [6.45, 7) is 1.92. The Morgan fingerprint density at radius 2 is 2.31 bits per heavy atom. The maximum absolute atomic E-state index is 13.4. The minimum atomic E-state index is -0.0610. The monoisotopic (exact) mass is 291 g/mol. The fourth-order valence-electron chi connectivity index (χ4n) is 1.75. The molecule has 2 rings (SSSR count). The summed E-state index contributed by atoms with van der Waals surface area (Å²) >= 11 is 2.22. The Labute approximate surface area is 90.9 Å². The first-order chi connectivity index (χ1) is 6.27. The average Bonchev–Trinajstić information content (AvgIpc) is 2.61. The molecule has 0 unspecified atom stereocenters. The molecule has 1 nitrogen and oxygen atoms in total. The molecule has 0 spiro atoms. The van der Waals surface area contributed by atoms with Gasteiger partial charge in [0.2, 0.25) is 0 Å². The van der Waals surface area contributed by atoms with Gasteiger partial charge in [-0.2, -0.15) is 0 Å². The van der Waals surface area contributed by atoms with Crippen LogP contribution in [0.3, 0.4) is 0 Å². The van der Waals surface area contributed by atoms with Crippen molar-refractivity contribution in [2.45, 2.75) is 12.3 Å². The molecule has 1 fully saturated rings. The van der Waals surface area contributed by atoms with Gasteiger partial charge in [0, 0.05) is 16.0 Å². The molecular formula is C10H11FIN. The van der Waals surface area contributed by atoms with Crippen LogP contribution < -0.4 is 5.32 Å². The first-order valence-electron chi connectivity index (χ1n) is 4.43. The highest BCUT2D eigenvalue weighted by atomic mass is 127. The summed E-state index contributed by atoms with van der Waals surface area (Å²) in [5.74, 6) is 0.309. The van der Waals surface area contributed by atoms with E-state index in [0.717, 1.165) is 28.6 Å². The highest BCUT2D eigenvalue weighted by Gasteiger charge is 2.19. The maximum atomic E-state index is 13.4. The summed E-state index contributed by atoms with van der Waals surface area (Å²) in [4.78, 5) is 0. The van der Waals surface area contributed by atoms with Crippen LogP contribution in [0.25, 0.3) is 0 Å². The molecule has 70 valence electrons. The highest BCUT2D eigenvalue weighted by molar-refractivity contribution is 14.1. The standard InChI is InChI=1S/C10H11FIN/c11-10-2-1-8(12)5-9(10)7-3-4-13-6-7/h1-2,5,7,13H,3-4,6H2/t7-/m1/s1. The molecule has 0 aliphatic carbocycles. The van der Waals surface area contributed by atoms with E-state index in [4.69, 9.17) is 0 Å². The predicted molar refractivity (Wildman–Crippen MR) is 59.3 cm³/mol. The molecule has 1 heterocycles. The molecule has 0 bridgehead atoms. The van der Waals surface area contributed by atoms with Crippen molar-refractivity contribution in [1.29, 1.82) is 0 Å². The van der Waals surface area contributed by atoms with Gasteiger partial charge in [0.25, 0.3) is 0 Å². The number of halogens is 2. The number of benzene rings is 1. The van der Waals surface area contributed by atoms with Crippen LogP contribution in [0.4, 0.5) is 4.39 Å². The fourth-order valence-corrected chi connectivity index (χ4v) is 2.26. The van der Waals surface area contributed by atoms with Gasteiger partial charge in [0.1, 0.15) is 5.82 Å². The lowest BCUT2D eigenvalue weighted by molar-refractivity contribution is 0.587. The van der Waals surface area contributed by atoms with Crippen LogP contribution in [0.2, 0.25) is 0 Å². The Morgan fingerprint density at radius 1 is 1.46 bits per heavy atom. The summed E-state index contributed by atoms with van der Waals surface area (Å²) in [5, 5.41) is 3.25. The van der Waals surface area contributed by atoms with E-state index < -0.39 is 0 Å². The van der Waals surface area contributed by atoms with Crippen LogP contribution in [-0.2, 0) is 0 Å². The van der Waals surface area contributed by atoms with E-state index in [2.05, 4.69) is 27.9 Å². The summed E-state index contributed by atoms with van der Waals surface area (Å²) in [5.41, 5.74) is 0.872. The second kappa shape index (κ2) is 3.92. The van der Waals surface area contributed by atoms with E-state index in [1.54, 1.807) is 6.07 Å². The average molecular weight is 291 g/mol. The van der Waals surface area contributed by atoms with Crippen LogP contribution in [-0.4, -0.2) is 13.1 Å². The molecule has 1 saturated heterocycles. The Balaban J connectivity index is 2.32. The second-order valence-corrected chi connectivity index (χ2v) is 4.60. The van der Waals surface area contributed by atoms with Gasteiger partial charge in [-0.25, -0.2) is 4.39 Å². The summed E-state index contributed by atoms with van der Waals surface area (Å²) in [7, 11) is 0. The molecule has 0 amide bonds. The predicted octanol–water partition coefficient (Wildman–Crippen LogP) is 2.51. The van der Waals surface area contributed by atoms with Crippen molar-refractivity contribution in [1.82, 2.24) is 5.32 Å². The van der Waals surface area contributed by atoms with Crippen LogP contribution >= 0.6 is 22.6 Å². The van der Waals surface area contributed by atoms with Gasteiger partial charge in [-0.1, -0.05) is 0 Å². The van der Waals surface area contributed by atoms with Crippen LogP contribution in [0.1, 0.15) is 17.9 Å². The zero-order valence-electron chi connectivity index (χ0n) is 7.19. The molecule has 0 radical (unpaired) electrons. The third-order valence-corrected chi connectivity index (χ3v) is 3.13. The molecule has 0 saturated carbocycles. The molecular weight excluding hydrogens is 280 g/mol. The highest BCUT2D eigenvalue weighted by Crippen LogP contribution is 2.26. The van der Waals surface area contributed by atoms with E-state index in [1.807, 2.05) is 12.1 Å². The lowest BCUT2D eigenvalue weighted by atomic mass is 9.98. The zero-order chi connectivity index (χ0) is 9.26. The summed E-state index contributed by atoms with van der Waals surface area (Å²) < 4.78 is 14.5. The van der Waals surface area contributed by atoms with Crippen molar-refractivity contribution >= 4 is 22.6 Å². The van der Waals surface area contributed by atoms with E-state index in [1.165, 1.54) is 0 Å². The van der Waals surface area contributed by atoms with Crippen molar-refractivity contribution in [3.63, 3.8) is 0 Å². The quantitative estimate of drug-likeness (QED) is 0.784. The minimum Gasteiger partial charge on any atom is -0.316 e. The van der Waals surface area contributed by atoms with Crippen molar-refractivity contribution in [3.05, 3.63) is 33.1 Å².